The second-order valence-electron chi connectivity index (χ2n) is 7.32. The molecule has 0 bridgehead atoms. The summed E-state index contributed by atoms with van der Waals surface area (Å²) in [5.41, 5.74) is 3.01. The zero-order valence-corrected chi connectivity index (χ0v) is 16.5. The number of rotatable bonds is 3. The molecule has 2 heterocycles. The van der Waals surface area contributed by atoms with E-state index in [9.17, 15) is 9.59 Å². The molecule has 0 saturated carbocycles. The number of nitrogens with zero attached hydrogens (tertiary/aromatic N) is 2. The van der Waals surface area contributed by atoms with E-state index in [1.807, 2.05) is 53.4 Å². The molecule has 4 rings (SSSR count). The average Bonchev–Trinajstić information content (AvgIpc) is 2.87. The molecule has 28 heavy (non-hydrogen) atoms. The van der Waals surface area contributed by atoms with Gasteiger partial charge in [0.25, 0.3) is 0 Å². The largest absolute Gasteiger partial charge is 0.332 e. The van der Waals surface area contributed by atoms with Crippen LogP contribution in [-0.2, 0) is 16.0 Å². The second kappa shape index (κ2) is 8.33. The summed E-state index contributed by atoms with van der Waals surface area (Å²) in [5.74, 6) is -0.00994. The second-order valence-corrected chi connectivity index (χ2v) is 7.76. The van der Waals surface area contributed by atoms with Crippen molar-refractivity contribution in [2.75, 3.05) is 31.1 Å². The fraction of sp³-hybridized carbons (Fsp3) is 0.364. The van der Waals surface area contributed by atoms with Crippen molar-refractivity contribution in [3.05, 3.63) is 64.7 Å². The Hall–Kier alpha value is -2.37. The lowest BCUT2D eigenvalue weighted by Crippen LogP contribution is -2.52. The zero-order chi connectivity index (χ0) is 19.5. The topological polar surface area (TPSA) is 52.7 Å². The standard InChI is InChI=1S/C22H24ClN3O2/c23-18-8-3-7-17(13-18)20-14-24-11-12-25(20)22(28)15-26-19-9-2-1-5-16(19)6-4-10-21(26)27/h1-3,5,7-9,13,20,24H,4,6,10-12,14-15H2. The van der Waals surface area contributed by atoms with Crippen LogP contribution in [0.15, 0.2) is 48.5 Å². The monoisotopic (exact) mass is 397 g/mol. The van der Waals surface area contributed by atoms with Crippen LogP contribution in [0.5, 0.6) is 0 Å². The lowest BCUT2D eigenvalue weighted by atomic mass is 10.0. The summed E-state index contributed by atoms with van der Waals surface area (Å²) in [6.07, 6.45) is 2.16. The molecule has 5 nitrogen and oxygen atoms in total. The SMILES string of the molecule is O=C1CCCc2ccccc2N1CC(=O)N1CCNCC1c1cccc(Cl)c1. The van der Waals surface area contributed by atoms with E-state index in [0.717, 1.165) is 36.2 Å². The lowest BCUT2D eigenvalue weighted by molar-refractivity contribution is -0.134. The van der Waals surface area contributed by atoms with Crippen LogP contribution >= 0.6 is 11.6 Å². The Balaban J connectivity index is 1.58. The van der Waals surface area contributed by atoms with Gasteiger partial charge in [-0.3, -0.25) is 9.59 Å². The van der Waals surface area contributed by atoms with Crippen molar-refractivity contribution in [3.8, 4) is 0 Å². The smallest absolute Gasteiger partial charge is 0.243 e. The van der Waals surface area contributed by atoms with Gasteiger partial charge in [-0.25, -0.2) is 0 Å². The Morgan fingerprint density at radius 3 is 2.86 bits per heavy atom. The molecule has 2 aliphatic rings. The molecule has 2 amide bonds. The Kier molecular flexibility index (Phi) is 5.64. The third-order valence-corrected chi connectivity index (χ3v) is 5.75. The van der Waals surface area contributed by atoms with E-state index in [-0.39, 0.29) is 24.4 Å². The maximum Gasteiger partial charge on any atom is 0.243 e. The first-order chi connectivity index (χ1) is 13.6. The normalized spacial score (nSPS) is 19.9. The molecule has 1 atom stereocenters. The van der Waals surface area contributed by atoms with E-state index >= 15 is 0 Å². The third-order valence-electron chi connectivity index (χ3n) is 5.51. The first kappa shape index (κ1) is 19.0. The number of nitrogens with one attached hydrogen (secondary N) is 1. The van der Waals surface area contributed by atoms with Crippen LogP contribution in [0.2, 0.25) is 5.02 Å². The maximum atomic E-state index is 13.3. The number of aryl methyl sites for hydroxylation is 1. The van der Waals surface area contributed by atoms with Crippen LogP contribution in [0, 0.1) is 0 Å². The minimum atomic E-state index is -0.0859. The molecular formula is C22H24ClN3O2. The number of hydrogen-bond donors (Lipinski definition) is 1. The number of carbonyl (C=O) groups is 2. The molecule has 2 aliphatic heterocycles. The summed E-state index contributed by atoms with van der Waals surface area (Å²) in [5, 5.41) is 4.02. The van der Waals surface area contributed by atoms with Crippen LogP contribution in [0.4, 0.5) is 5.69 Å². The van der Waals surface area contributed by atoms with E-state index in [1.165, 1.54) is 0 Å². The fourth-order valence-corrected chi connectivity index (χ4v) is 4.30. The van der Waals surface area contributed by atoms with E-state index in [0.29, 0.717) is 24.5 Å². The number of halogens is 1. The van der Waals surface area contributed by atoms with Crippen LogP contribution in [0.25, 0.3) is 0 Å². The molecule has 1 saturated heterocycles. The van der Waals surface area contributed by atoms with Crippen molar-refractivity contribution in [1.29, 1.82) is 0 Å². The number of amides is 2. The Morgan fingerprint density at radius 1 is 1.14 bits per heavy atom. The summed E-state index contributed by atoms with van der Waals surface area (Å²) in [7, 11) is 0. The number of fused-ring (bicyclic) bond motifs is 1. The predicted molar refractivity (Wildman–Crippen MR) is 111 cm³/mol. The fourth-order valence-electron chi connectivity index (χ4n) is 4.10. The molecule has 0 aromatic heterocycles. The van der Waals surface area contributed by atoms with Crippen LogP contribution in [0.1, 0.15) is 30.0 Å². The van der Waals surface area contributed by atoms with Crippen molar-refractivity contribution >= 4 is 29.1 Å². The number of benzene rings is 2. The summed E-state index contributed by atoms with van der Waals surface area (Å²) >= 11 is 6.16. The number of anilines is 1. The van der Waals surface area contributed by atoms with E-state index in [4.69, 9.17) is 11.6 Å². The van der Waals surface area contributed by atoms with Crippen molar-refractivity contribution < 1.29 is 9.59 Å². The van der Waals surface area contributed by atoms with Gasteiger partial charge in [-0.05, 0) is 42.2 Å². The molecule has 2 aromatic carbocycles. The summed E-state index contributed by atoms with van der Waals surface area (Å²) in [6, 6.07) is 15.5. The van der Waals surface area contributed by atoms with Crippen molar-refractivity contribution in [2.45, 2.75) is 25.3 Å². The summed E-state index contributed by atoms with van der Waals surface area (Å²) in [4.78, 5) is 29.5. The molecule has 2 aromatic rings. The van der Waals surface area contributed by atoms with Crippen molar-refractivity contribution in [2.24, 2.45) is 0 Å². The Bertz CT molecular complexity index is 886. The quantitative estimate of drug-likeness (QED) is 0.865. The Morgan fingerprint density at radius 2 is 2.00 bits per heavy atom. The van der Waals surface area contributed by atoms with Crippen LogP contribution < -0.4 is 10.2 Å². The molecule has 1 fully saturated rings. The molecule has 1 N–H and O–H groups in total. The highest BCUT2D eigenvalue weighted by atomic mass is 35.5. The van der Waals surface area contributed by atoms with Crippen LogP contribution in [0.3, 0.4) is 0 Å². The molecular weight excluding hydrogens is 374 g/mol. The molecule has 0 radical (unpaired) electrons. The molecule has 0 aliphatic carbocycles. The van der Waals surface area contributed by atoms with Gasteiger partial charge < -0.3 is 15.1 Å². The van der Waals surface area contributed by atoms with Gasteiger partial charge in [0.1, 0.15) is 6.54 Å². The number of para-hydroxylation sites is 1. The van der Waals surface area contributed by atoms with Crippen molar-refractivity contribution in [1.82, 2.24) is 10.2 Å². The Labute approximate surface area is 170 Å². The van der Waals surface area contributed by atoms with Gasteiger partial charge in [0, 0.05) is 36.8 Å². The van der Waals surface area contributed by atoms with Gasteiger partial charge in [0.15, 0.2) is 0 Å². The van der Waals surface area contributed by atoms with Gasteiger partial charge in [0.05, 0.1) is 6.04 Å². The van der Waals surface area contributed by atoms with Gasteiger partial charge >= 0.3 is 0 Å². The highest BCUT2D eigenvalue weighted by Gasteiger charge is 2.31. The minimum Gasteiger partial charge on any atom is -0.332 e. The molecule has 0 spiro atoms. The highest BCUT2D eigenvalue weighted by Crippen LogP contribution is 2.29. The minimum absolute atomic E-state index is 0.0211. The van der Waals surface area contributed by atoms with E-state index < -0.39 is 0 Å². The van der Waals surface area contributed by atoms with Gasteiger partial charge in [-0.15, -0.1) is 0 Å². The zero-order valence-electron chi connectivity index (χ0n) is 15.7. The first-order valence-corrected chi connectivity index (χ1v) is 10.2. The highest BCUT2D eigenvalue weighted by molar-refractivity contribution is 6.30. The van der Waals surface area contributed by atoms with Crippen molar-refractivity contribution in [3.63, 3.8) is 0 Å². The predicted octanol–water partition coefficient (Wildman–Crippen LogP) is 3.18. The average molecular weight is 398 g/mol. The summed E-state index contributed by atoms with van der Waals surface area (Å²) in [6.45, 7) is 2.11. The first-order valence-electron chi connectivity index (χ1n) is 9.77. The molecule has 1 unspecified atom stereocenters. The number of carbonyl (C=O) groups excluding carboxylic acids is 2. The van der Waals surface area contributed by atoms with Gasteiger partial charge in [-0.2, -0.15) is 0 Å². The summed E-state index contributed by atoms with van der Waals surface area (Å²) < 4.78 is 0. The van der Waals surface area contributed by atoms with Gasteiger partial charge in [-0.1, -0.05) is 41.9 Å². The number of hydrogen-bond acceptors (Lipinski definition) is 3. The van der Waals surface area contributed by atoms with Gasteiger partial charge in [0.2, 0.25) is 11.8 Å². The van der Waals surface area contributed by atoms with E-state index in [2.05, 4.69) is 5.32 Å². The molecule has 6 heteroatoms. The number of piperazine rings is 1. The maximum absolute atomic E-state index is 13.3. The lowest BCUT2D eigenvalue weighted by Gasteiger charge is -2.38. The van der Waals surface area contributed by atoms with E-state index in [1.54, 1.807) is 4.90 Å². The molecule has 146 valence electrons. The van der Waals surface area contributed by atoms with Crippen LogP contribution in [-0.4, -0.2) is 42.9 Å². The third kappa shape index (κ3) is 3.91.